The Morgan fingerprint density at radius 2 is 1.77 bits per heavy atom. The molecule has 1 amide bonds. The van der Waals surface area contributed by atoms with Gasteiger partial charge in [0.2, 0.25) is 5.91 Å². The lowest BCUT2D eigenvalue weighted by Gasteiger charge is -2.37. The number of para-hydroxylation sites is 1. The summed E-state index contributed by atoms with van der Waals surface area (Å²) in [6.45, 7) is 3.69. The zero-order chi connectivity index (χ0) is 17.8. The number of hydrogen-bond donors (Lipinski definition) is 2. The van der Waals surface area contributed by atoms with E-state index in [-0.39, 0.29) is 11.4 Å². The number of benzene rings is 2. The smallest absolute Gasteiger partial charge is 0.222 e. The average Bonchev–Trinajstić information content (AvgIpc) is 2.83. The molecule has 2 N–H and O–H groups in total. The van der Waals surface area contributed by atoms with Crippen LogP contribution in [0.15, 0.2) is 54.6 Å². The van der Waals surface area contributed by atoms with Gasteiger partial charge in [0, 0.05) is 37.3 Å². The van der Waals surface area contributed by atoms with Crippen LogP contribution >= 0.6 is 0 Å². The van der Waals surface area contributed by atoms with E-state index in [1.165, 1.54) is 16.8 Å². The van der Waals surface area contributed by atoms with Crippen LogP contribution in [-0.4, -0.2) is 29.4 Å². The summed E-state index contributed by atoms with van der Waals surface area (Å²) in [6.07, 6.45) is 3.68. The highest BCUT2D eigenvalue weighted by atomic mass is 16.1. The highest BCUT2D eigenvalue weighted by Crippen LogP contribution is 2.33. The van der Waals surface area contributed by atoms with Gasteiger partial charge in [-0.15, -0.1) is 0 Å². The Balaban J connectivity index is 1.51. The van der Waals surface area contributed by atoms with Crippen molar-refractivity contribution >= 4 is 11.6 Å². The fourth-order valence-electron chi connectivity index (χ4n) is 4.24. The zero-order valence-corrected chi connectivity index (χ0v) is 15.2. The van der Waals surface area contributed by atoms with Crippen molar-refractivity contribution in [3.63, 3.8) is 0 Å². The average molecular weight is 349 g/mol. The maximum Gasteiger partial charge on any atom is 0.222 e. The van der Waals surface area contributed by atoms with E-state index in [2.05, 4.69) is 64.1 Å². The molecule has 1 spiro atoms. The summed E-state index contributed by atoms with van der Waals surface area (Å²) in [5.74, 6) is 0.156. The third-order valence-electron chi connectivity index (χ3n) is 5.68. The summed E-state index contributed by atoms with van der Waals surface area (Å²) in [6, 6.07) is 19.0. The van der Waals surface area contributed by atoms with Gasteiger partial charge in [-0.05, 0) is 43.0 Å². The van der Waals surface area contributed by atoms with Crippen LogP contribution in [0, 0.1) is 0 Å². The van der Waals surface area contributed by atoms with Crippen LogP contribution < -0.4 is 10.6 Å². The van der Waals surface area contributed by atoms with Gasteiger partial charge in [0.1, 0.15) is 0 Å². The Hall–Kier alpha value is -2.33. The van der Waals surface area contributed by atoms with E-state index in [1.807, 2.05) is 6.07 Å². The molecule has 2 aromatic carbocycles. The number of carbonyl (C=O) groups is 1. The molecule has 1 saturated heterocycles. The SMILES string of the molecule is O=C1CC2(CCCN(Cc3ccccc3)CC2)Nc2ccccc2CN1. The van der Waals surface area contributed by atoms with Crippen LogP contribution in [0.4, 0.5) is 5.69 Å². The summed E-state index contributed by atoms with van der Waals surface area (Å²) >= 11 is 0. The topological polar surface area (TPSA) is 44.4 Å². The number of likely N-dealkylation sites (tertiary alicyclic amines) is 1. The number of carbonyl (C=O) groups excluding carboxylic acids is 1. The number of hydrogen-bond acceptors (Lipinski definition) is 3. The third kappa shape index (κ3) is 3.91. The van der Waals surface area contributed by atoms with Crippen LogP contribution in [0.1, 0.15) is 36.8 Å². The van der Waals surface area contributed by atoms with Crippen molar-refractivity contribution in [2.75, 3.05) is 18.4 Å². The molecule has 0 saturated carbocycles. The summed E-state index contributed by atoms with van der Waals surface area (Å²) in [5, 5.41) is 6.87. The fourth-order valence-corrected chi connectivity index (χ4v) is 4.24. The lowest BCUT2D eigenvalue weighted by atomic mass is 9.85. The van der Waals surface area contributed by atoms with Crippen molar-refractivity contribution in [3.05, 3.63) is 65.7 Å². The zero-order valence-electron chi connectivity index (χ0n) is 15.2. The second-order valence-corrected chi connectivity index (χ2v) is 7.63. The fraction of sp³-hybridized carbons (Fsp3) is 0.409. The molecule has 4 rings (SSSR count). The molecule has 2 aromatic rings. The van der Waals surface area contributed by atoms with Gasteiger partial charge in [0.15, 0.2) is 0 Å². The Morgan fingerprint density at radius 1 is 0.962 bits per heavy atom. The molecule has 4 nitrogen and oxygen atoms in total. The molecule has 0 bridgehead atoms. The molecule has 1 unspecified atom stereocenters. The lowest BCUT2D eigenvalue weighted by Crippen LogP contribution is -2.46. The molecule has 26 heavy (non-hydrogen) atoms. The number of nitrogens with zero attached hydrogens (tertiary/aromatic N) is 1. The molecule has 0 aromatic heterocycles. The van der Waals surface area contributed by atoms with Crippen LogP contribution in [0.5, 0.6) is 0 Å². The van der Waals surface area contributed by atoms with Crippen molar-refractivity contribution in [1.29, 1.82) is 0 Å². The minimum Gasteiger partial charge on any atom is -0.379 e. The molecular weight excluding hydrogens is 322 g/mol. The van der Waals surface area contributed by atoms with E-state index in [0.29, 0.717) is 13.0 Å². The number of anilines is 1. The van der Waals surface area contributed by atoms with Gasteiger partial charge in [0.25, 0.3) is 0 Å². The molecule has 0 aliphatic carbocycles. The van der Waals surface area contributed by atoms with Crippen molar-refractivity contribution in [3.8, 4) is 0 Å². The second-order valence-electron chi connectivity index (χ2n) is 7.63. The van der Waals surface area contributed by atoms with Crippen LogP contribution in [-0.2, 0) is 17.9 Å². The van der Waals surface area contributed by atoms with Crippen molar-refractivity contribution < 1.29 is 4.79 Å². The molecular formula is C22H27N3O. The summed E-state index contributed by atoms with van der Waals surface area (Å²) < 4.78 is 0. The Morgan fingerprint density at radius 3 is 2.65 bits per heavy atom. The minimum atomic E-state index is -0.147. The summed E-state index contributed by atoms with van der Waals surface area (Å²) in [4.78, 5) is 15.0. The Bertz CT molecular complexity index is 761. The van der Waals surface area contributed by atoms with E-state index in [0.717, 1.165) is 38.9 Å². The summed E-state index contributed by atoms with van der Waals surface area (Å²) in [5.41, 5.74) is 3.55. The Kier molecular flexibility index (Phi) is 4.93. The molecule has 2 heterocycles. The van der Waals surface area contributed by atoms with E-state index in [1.54, 1.807) is 0 Å². The largest absolute Gasteiger partial charge is 0.379 e. The van der Waals surface area contributed by atoms with Crippen LogP contribution in [0.3, 0.4) is 0 Å². The molecule has 4 heteroatoms. The van der Waals surface area contributed by atoms with Crippen LogP contribution in [0.2, 0.25) is 0 Å². The van der Waals surface area contributed by atoms with E-state index < -0.39 is 0 Å². The standard InChI is InChI=1S/C22H27N3O/c26-21-15-22(24-20-10-5-4-9-19(20)16-23-21)11-6-13-25(14-12-22)17-18-7-2-1-3-8-18/h1-5,7-10,24H,6,11-17H2,(H,23,26). The first-order valence-corrected chi connectivity index (χ1v) is 9.62. The number of rotatable bonds is 2. The quantitative estimate of drug-likeness (QED) is 0.872. The van der Waals surface area contributed by atoms with E-state index in [4.69, 9.17) is 0 Å². The molecule has 136 valence electrons. The number of nitrogens with one attached hydrogen (secondary N) is 2. The predicted octanol–water partition coefficient (Wildman–Crippen LogP) is 3.54. The maximum absolute atomic E-state index is 12.4. The first-order valence-electron chi connectivity index (χ1n) is 9.62. The number of fused-ring (bicyclic) bond motifs is 1. The van der Waals surface area contributed by atoms with Gasteiger partial charge >= 0.3 is 0 Å². The maximum atomic E-state index is 12.4. The van der Waals surface area contributed by atoms with Gasteiger partial charge in [-0.2, -0.15) is 0 Å². The molecule has 2 aliphatic rings. The van der Waals surface area contributed by atoms with Crippen molar-refractivity contribution in [2.45, 2.75) is 44.3 Å². The Labute approximate surface area is 155 Å². The van der Waals surface area contributed by atoms with E-state index >= 15 is 0 Å². The number of amides is 1. The molecule has 2 aliphatic heterocycles. The van der Waals surface area contributed by atoms with Gasteiger partial charge in [-0.25, -0.2) is 0 Å². The second kappa shape index (κ2) is 7.50. The highest BCUT2D eigenvalue weighted by molar-refractivity contribution is 5.79. The van der Waals surface area contributed by atoms with Crippen LogP contribution in [0.25, 0.3) is 0 Å². The first-order chi connectivity index (χ1) is 12.7. The van der Waals surface area contributed by atoms with Gasteiger partial charge in [0.05, 0.1) is 0 Å². The molecule has 0 radical (unpaired) electrons. The van der Waals surface area contributed by atoms with Gasteiger partial charge in [-0.1, -0.05) is 48.5 Å². The lowest BCUT2D eigenvalue weighted by molar-refractivity contribution is -0.122. The monoisotopic (exact) mass is 349 g/mol. The third-order valence-corrected chi connectivity index (χ3v) is 5.68. The van der Waals surface area contributed by atoms with E-state index in [9.17, 15) is 4.79 Å². The summed E-state index contributed by atoms with van der Waals surface area (Å²) in [7, 11) is 0. The minimum absolute atomic E-state index is 0.147. The predicted molar refractivity (Wildman–Crippen MR) is 105 cm³/mol. The highest BCUT2D eigenvalue weighted by Gasteiger charge is 2.36. The van der Waals surface area contributed by atoms with Crippen molar-refractivity contribution in [1.82, 2.24) is 10.2 Å². The normalized spacial score (nSPS) is 23.9. The van der Waals surface area contributed by atoms with Crippen molar-refractivity contribution in [2.24, 2.45) is 0 Å². The van der Waals surface area contributed by atoms with Gasteiger partial charge < -0.3 is 10.6 Å². The molecule has 1 atom stereocenters. The first kappa shape index (κ1) is 17.1. The van der Waals surface area contributed by atoms with Gasteiger partial charge in [-0.3, -0.25) is 9.69 Å². The molecule has 1 fully saturated rings.